The van der Waals surface area contributed by atoms with Crippen LogP contribution in [-0.2, 0) is 6.42 Å². The van der Waals surface area contributed by atoms with Gasteiger partial charge < -0.3 is 5.32 Å². The Kier molecular flexibility index (Phi) is 5.01. The number of hydrogen-bond acceptors (Lipinski definition) is 3. The summed E-state index contributed by atoms with van der Waals surface area (Å²) in [5.74, 6) is 0. The average molecular weight is 301 g/mol. The third-order valence-electron chi connectivity index (χ3n) is 2.63. The van der Waals surface area contributed by atoms with Crippen LogP contribution in [0.25, 0.3) is 0 Å². The summed E-state index contributed by atoms with van der Waals surface area (Å²) < 4.78 is 0. The van der Waals surface area contributed by atoms with Crippen LogP contribution < -0.4 is 5.32 Å². The fourth-order valence-electron chi connectivity index (χ4n) is 1.87. The maximum atomic E-state index is 6.05. The van der Waals surface area contributed by atoms with E-state index in [0.29, 0.717) is 10.0 Å². The predicted octanol–water partition coefficient (Wildman–Crippen LogP) is 4.34. The highest BCUT2D eigenvalue weighted by Crippen LogP contribution is 2.26. The average Bonchev–Trinajstić information content (AvgIpc) is 2.80. The van der Waals surface area contributed by atoms with E-state index in [9.17, 15) is 0 Å². The van der Waals surface area contributed by atoms with Gasteiger partial charge >= 0.3 is 0 Å². The lowest BCUT2D eigenvalue weighted by Crippen LogP contribution is -2.22. The lowest BCUT2D eigenvalue weighted by Gasteiger charge is -2.18. The number of thiazole rings is 1. The van der Waals surface area contributed by atoms with Gasteiger partial charge in [0.1, 0.15) is 0 Å². The molecule has 0 aliphatic heterocycles. The second-order valence-electron chi connectivity index (χ2n) is 3.98. The topological polar surface area (TPSA) is 24.9 Å². The van der Waals surface area contributed by atoms with Gasteiger partial charge in [0.05, 0.1) is 5.51 Å². The molecule has 1 N–H and O–H groups in total. The number of benzene rings is 1. The summed E-state index contributed by atoms with van der Waals surface area (Å²) in [5.41, 5.74) is 2.96. The second kappa shape index (κ2) is 6.53. The van der Waals surface area contributed by atoms with E-state index in [-0.39, 0.29) is 6.04 Å². The Morgan fingerprint density at radius 1 is 1.28 bits per heavy atom. The molecule has 1 aromatic heterocycles. The highest BCUT2D eigenvalue weighted by atomic mass is 35.5. The molecule has 96 valence electrons. The van der Waals surface area contributed by atoms with Gasteiger partial charge in [0.15, 0.2) is 0 Å². The van der Waals surface area contributed by atoms with Gasteiger partial charge in [-0.15, -0.1) is 11.3 Å². The molecular formula is C13H14Cl2N2S. The van der Waals surface area contributed by atoms with E-state index >= 15 is 0 Å². The Hall–Kier alpha value is -0.610. The molecule has 0 fully saturated rings. The van der Waals surface area contributed by atoms with Gasteiger partial charge in [0.2, 0.25) is 0 Å². The number of rotatable bonds is 5. The van der Waals surface area contributed by atoms with Crippen molar-refractivity contribution < 1.29 is 0 Å². The van der Waals surface area contributed by atoms with Gasteiger partial charge in [-0.25, -0.2) is 0 Å². The molecule has 0 aliphatic carbocycles. The molecule has 1 unspecified atom stereocenters. The smallest absolute Gasteiger partial charge is 0.0794 e. The minimum absolute atomic E-state index is 0.214. The molecule has 5 heteroatoms. The summed E-state index contributed by atoms with van der Waals surface area (Å²) in [7, 11) is 0. The quantitative estimate of drug-likeness (QED) is 0.888. The summed E-state index contributed by atoms with van der Waals surface area (Å²) in [6.07, 6.45) is 2.80. The minimum atomic E-state index is 0.214. The highest BCUT2D eigenvalue weighted by molar-refractivity contribution is 7.09. The van der Waals surface area contributed by atoms with Crippen LogP contribution in [0.3, 0.4) is 0 Å². The standard InChI is InChI=1S/C13H14Cl2N2S/c1-2-17-13(6-12-7-16-8-18-12)9-3-10(14)5-11(15)4-9/h3-5,7-8,13,17H,2,6H2,1H3. The zero-order valence-electron chi connectivity index (χ0n) is 9.99. The highest BCUT2D eigenvalue weighted by Gasteiger charge is 2.13. The predicted molar refractivity (Wildman–Crippen MR) is 78.7 cm³/mol. The normalized spacial score (nSPS) is 12.6. The fourth-order valence-corrected chi connectivity index (χ4v) is 3.06. The molecule has 1 atom stereocenters. The number of hydrogen-bond donors (Lipinski definition) is 1. The second-order valence-corrected chi connectivity index (χ2v) is 5.83. The van der Waals surface area contributed by atoms with Crippen LogP contribution in [0.15, 0.2) is 29.9 Å². The first kappa shape index (κ1) is 13.8. The molecule has 0 aliphatic rings. The van der Waals surface area contributed by atoms with Gasteiger partial charge in [-0.2, -0.15) is 0 Å². The third kappa shape index (κ3) is 3.69. The van der Waals surface area contributed by atoms with Crippen LogP contribution in [0.1, 0.15) is 23.4 Å². The summed E-state index contributed by atoms with van der Waals surface area (Å²) in [6.45, 7) is 2.99. The van der Waals surface area contributed by atoms with Crippen molar-refractivity contribution in [3.05, 3.63) is 50.4 Å². The SMILES string of the molecule is CCNC(Cc1cncs1)c1cc(Cl)cc(Cl)c1. The number of likely N-dealkylation sites (N-methyl/N-ethyl adjacent to an activating group) is 1. The maximum Gasteiger partial charge on any atom is 0.0794 e. The Morgan fingerprint density at radius 2 is 2.00 bits per heavy atom. The van der Waals surface area contributed by atoms with E-state index < -0.39 is 0 Å². The van der Waals surface area contributed by atoms with Crippen LogP contribution >= 0.6 is 34.5 Å². The Bertz CT molecular complexity index is 479. The van der Waals surface area contributed by atoms with Crippen LogP contribution in [0, 0.1) is 0 Å². The van der Waals surface area contributed by atoms with E-state index in [4.69, 9.17) is 23.2 Å². The lowest BCUT2D eigenvalue weighted by atomic mass is 10.0. The van der Waals surface area contributed by atoms with E-state index in [0.717, 1.165) is 18.5 Å². The first-order chi connectivity index (χ1) is 8.69. The summed E-state index contributed by atoms with van der Waals surface area (Å²) in [6, 6.07) is 5.89. The fraction of sp³-hybridized carbons (Fsp3) is 0.308. The van der Waals surface area contributed by atoms with E-state index in [1.807, 2.05) is 23.8 Å². The van der Waals surface area contributed by atoms with Crippen LogP contribution in [-0.4, -0.2) is 11.5 Å². The van der Waals surface area contributed by atoms with Crippen molar-refractivity contribution in [2.75, 3.05) is 6.54 Å². The molecule has 0 saturated carbocycles. The van der Waals surface area contributed by atoms with Gasteiger partial charge in [0.25, 0.3) is 0 Å². The third-order valence-corrected chi connectivity index (χ3v) is 3.86. The molecule has 0 bridgehead atoms. The Morgan fingerprint density at radius 3 is 2.56 bits per heavy atom. The number of aromatic nitrogens is 1. The molecule has 0 radical (unpaired) electrons. The maximum absolute atomic E-state index is 6.05. The van der Waals surface area contributed by atoms with Gasteiger partial charge in [-0.3, -0.25) is 4.98 Å². The summed E-state index contributed by atoms with van der Waals surface area (Å²) >= 11 is 13.8. The van der Waals surface area contributed by atoms with Crippen LogP contribution in [0.5, 0.6) is 0 Å². The van der Waals surface area contributed by atoms with E-state index in [2.05, 4.69) is 17.2 Å². The van der Waals surface area contributed by atoms with Gasteiger partial charge in [-0.05, 0) is 30.3 Å². The van der Waals surface area contributed by atoms with Crippen molar-refractivity contribution in [2.45, 2.75) is 19.4 Å². The molecule has 1 heterocycles. The molecule has 0 spiro atoms. The van der Waals surface area contributed by atoms with E-state index in [1.165, 1.54) is 4.88 Å². The van der Waals surface area contributed by atoms with Crippen molar-refractivity contribution in [3.8, 4) is 0 Å². The molecular weight excluding hydrogens is 287 g/mol. The number of halogens is 2. The van der Waals surface area contributed by atoms with Crippen LogP contribution in [0.4, 0.5) is 0 Å². The van der Waals surface area contributed by atoms with Crippen molar-refractivity contribution in [2.24, 2.45) is 0 Å². The first-order valence-electron chi connectivity index (χ1n) is 5.75. The summed E-state index contributed by atoms with van der Waals surface area (Å²) in [5, 5.41) is 4.80. The van der Waals surface area contributed by atoms with Gasteiger partial charge in [0, 0.05) is 33.6 Å². The van der Waals surface area contributed by atoms with E-state index in [1.54, 1.807) is 17.4 Å². The molecule has 1 aromatic carbocycles. The zero-order valence-corrected chi connectivity index (χ0v) is 12.3. The lowest BCUT2D eigenvalue weighted by molar-refractivity contribution is 0.553. The van der Waals surface area contributed by atoms with Crippen molar-refractivity contribution in [1.82, 2.24) is 10.3 Å². The molecule has 2 aromatic rings. The molecule has 0 saturated heterocycles. The Balaban J connectivity index is 2.23. The molecule has 2 rings (SSSR count). The minimum Gasteiger partial charge on any atom is -0.310 e. The molecule has 2 nitrogen and oxygen atoms in total. The number of nitrogens with zero attached hydrogens (tertiary/aromatic N) is 1. The summed E-state index contributed by atoms with van der Waals surface area (Å²) in [4.78, 5) is 5.35. The van der Waals surface area contributed by atoms with Crippen molar-refractivity contribution in [1.29, 1.82) is 0 Å². The largest absolute Gasteiger partial charge is 0.310 e. The zero-order chi connectivity index (χ0) is 13.0. The van der Waals surface area contributed by atoms with Crippen LogP contribution in [0.2, 0.25) is 10.0 Å². The molecule has 18 heavy (non-hydrogen) atoms. The monoisotopic (exact) mass is 300 g/mol. The first-order valence-corrected chi connectivity index (χ1v) is 7.39. The van der Waals surface area contributed by atoms with Crippen molar-refractivity contribution >= 4 is 34.5 Å². The van der Waals surface area contributed by atoms with Crippen molar-refractivity contribution in [3.63, 3.8) is 0 Å². The van der Waals surface area contributed by atoms with Gasteiger partial charge in [-0.1, -0.05) is 30.1 Å². The molecule has 0 amide bonds. The Labute approximate surface area is 121 Å². The number of nitrogens with one attached hydrogen (secondary N) is 1.